The van der Waals surface area contributed by atoms with Crippen LogP contribution in [0.15, 0.2) is 0 Å². The molecule has 0 aromatic heterocycles. The number of nitrogens with one attached hydrogen (secondary N) is 1. The van der Waals surface area contributed by atoms with Gasteiger partial charge in [-0.25, -0.2) is 0 Å². The molecule has 0 bridgehead atoms. The van der Waals surface area contributed by atoms with Gasteiger partial charge >= 0.3 is 0 Å². The molecular formula is C15H37N7. The van der Waals surface area contributed by atoms with Crippen molar-refractivity contribution in [3.63, 3.8) is 0 Å². The third kappa shape index (κ3) is 8.99. The van der Waals surface area contributed by atoms with E-state index < -0.39 is 0 Å². The van der Waals surface area contributed by atoms with Gasteiger partial charge in [0.25, 0.3) is 0 Å². The van der Waals surface area contributed by atoms with Crippen LogP contribution < -0.4 is 22.5 Å². The maximum absolute atomic E-state index is 5.48. The van der Waals surface area contributed by atoms with Crippen LogP contribution in [0.2, 0.25) is 0 Å². The first-order chi connectivity index (χ1) is 10.8. The highest BCUT2D eigenvalue weighted by molar-refractivity contribution is 4.71. The zero-order valence-electron chi connectivity index (χ0n) is 14.2. The van der Waals surface area contributed by atoms with E-state index in [2.05, 4.69) is 20.0 Å². The molecule has 0 radical (unpaired) electrons. The molecule has 0 atom stereocenters. The molecule has 7 nitrogen and oxygen atoms in total. The summed E-state index contributed by atoms with van der Waals surface area (Å²) in [5.74, 6) is 0. The number of hydrogen-bond acceptors (Lipinski definition) is 7. The normalized spacial score (nSPS) is 21.4. The van der Waals surface area contributed by atoms with E-state index in [1.54, 1.807) is 0 Å². The Morgan fingerprint density at radius 1 is 0.591 bits per heavy atom. The zero-order valence-corrected chi connectivity index (χ0v) is 14.2. The van der Waals surface area contributed by atoms with Crippen LogP contribution in [-0.2, 0) is 0 Å². The topological polar surface area (TPSA) is 99.8 Å². The molecule has 2 heterocycles. The van der Waals surface area contributed by atoms with Gasteiger partial charge in [0.1, 0.15) is 0 Å². The van der Waals surface area contributed by atoms with E-state index in [1.807, 2.05) is 0 Å². The van der Waals surface area contributed by atoms with E-state index in [0.29, 0.717) is 0 Å². The minimum Gasteiger partial charge on any atom is -0.330 e. The minimum absolute atomic E-state index is 0.775. The molecule has 0 unspecified atom stereocenters. The highest BCUT2D eigenvalue weighted by Crippen LogP contribution is 1.99. The fraction of sp³-hybridized carbons (Fsp3) is 1.00. The molecule has 0 spiro atoms. The lowest BCUT2D eigenvalue weighted by Gasteiger charge is -2.34. The summed E-state index contributed by atoms with van der Waals surface area (Å²) in [6, 6.07) is 0. The Bertz CT molecular complexity index is 224. The second kappa shape index (κ2) is 13.2. The first-order valence-corrected chi connectivity index (χ1v) is 8.78. The smallest absolute Gasteiger partial charge is 0.0110 e. The molecule has 22 heavy (non-hydrogen) atoms. The van der Waals surface area contributed by atoms with Gasteiger partial charge in [-0.05, 0) is 19.5 Å². The maximum atomic E-state index is 5.48. The van der Waals surface area contributed by atoms with E-state index in [0.717, 1.165) is 78.4 Å². The minimum atomic E-state index is 0.775. The SMILES string of the molecule is NCCCN1CCNCC1.NCCN1CCN(CCN)CC1. The van der Waals surface area contributed by atoms with Gasteiger partial charge in [0, 0.05) is 78.5 Å². The van der Waals surface area contributed by atoms with E-state index >= 15 is 0 Å². The van der Waals surface area contributed by atoms with E-state index in [4.69, 9.17) is 17.2 Å². The second-order valence-corrected chi connectivity index (χ2v) is 5.99. The summed E-state index contributed by atoms with van der Waals surface area (Å²) in [5.41, 5.74) is 16.4. The molecule has 0 aromatic carbocycles. The summed E-state index contributed by atoms with van der Waals surface area (Å²) in [7, 11) is 0. The molecule has 0 aliphatic carbocycles. The summed E-state index contributed by atoms with van der Waals surface area (Å²) in [6.07, 6.45) is 1.14. The van der Waals surface area contributed by atoms with E-state index in [-0.39, 0.29) is 0 Å². The van der Waals surface area contributed by atoms with Gasteiger partial charge in [0.15, 0.2) is 0 Å². The molecule has 0 saturated carbocycles. The van der Waals surface area contributed by atoms with Crippen molar-refractivity contribution in [1.82, 2.24) is 20.0 Å². The Morgan fingerprint density at radius 2 is 1.05 bits per heavy atom. The molecule has 7 heteroatoms. The lowest BCUT2D eigenvalue weighted by atomic mass is 10.3. The molecule has 2 aliphatic rings. The van der Waals surface area contributed by atoms with E-state index in [9.17, 15) is 0 Å². The highest BCUT2D eigenvalue weighted by atomic mass is 15.3. The predicted molar refractivity (Wildman–Crippen MR) is 94.0 cm³/mol. The molecule has 2 fully saturated rings. The third-order valence-corrected chi connectivity index (χ3v) is 4.24. The van der Waals surface area contributed by atoms with Crippen molar-refractivity contribution in [2.24, 2.45) is 17.2 Å². The number of nitrogens with two attached hydrogens (primary N) is 3. The average molecular weight is 316 g/mol. The lowest BCUT2D eigenvalue weighted by Crippen LogP contribution is -2.48. The van der Waals surface area contributed by atoms with Gasteiger partial charge in [0.2, 0.25) is 0 Å². The number of rotatable bonds is 7. The molecular weight excluding hydrogens is 278 g/mol. The Balaban J connectivity index is 0.000000224. The van der Waals surface area contributed by atoms with Crippen LogP contribution in [0.25, 0.3) is 0 Å². The Labute approximate surface area is 136 Å². The summed E-state index contributed by atoms with van der Waals surface area (Å²) in [6.45, 7) is 14.9. The standard InChI is InChI=1S/C8H20N4.C7H17N3/c9-1-3-11-5-7-12(4-2-10)8-6-11;8-2-1-5-10-6-3-9-4-7-10/h1-10H2;9H,1-8H2. The molecule has 2 aliphatic heterocycles. The average Bonchev–Trinajstić information content (AvgIpc) is 2.57. The van der Waals surface area contributed by atoms with Crippen molar-refractivity contribution in [3.05, 3.63) is 0 Å². The number of nitrogens with zero attached hydrogens (tertiary/aromatic N) is 3. The monoisotopic (exact) mass is 315 g/mol. The summed E-state index contributed by atoms with van der Waals surface area (Å²) < 4.78 is 0. The van der Waals surface area contributed by atoms with Crippen LogP contribution in [0.3, 0.4) is 0 Å². The predicted octanol–water partition coefficient (Wildman–Crippen LogP) is -2.24. The van der Waals surface area contributed by atoms with Gasteiger partial charge in [-0.1, -0.05) is 0 Å². The molecule has 7 N–H and O–H groups in total. The molecule has 0 aromatic rings. The quantitative estimate of drug-likeness (QED) is 0.422. The van der Waals surface area contributed by atoms with Gasteiger partial charge < -0.3 is 27.4 Å². The van der Waals surface area contributed by atoms with Crippen molar-refractivity contribution in [2.45, 2.75) is 6.42 Å². The van der Waals surface area contributed by atoms with Crippen molar-refractivity contribution in [3.8, 4) is 0 Å². The van der Waals surface area contributed by atoms with Crippen LogP contribution >= 0.6 is 0 Å². The van der Waals surface area contributed by atoms with Crippen molar-refractivity contribution >= 4 is 0 Å². The van der Waals surface area contributed by atoms with E-state index in [1.165, 1.54) is 19.6 Å². The van der Waals surface area contributed by atoms with Crippen molar-refractivity contribution < 1.29 is 0 Å². The van der Waals surface area contributed by atoms with Gasteiger partial charge in [-0.15, -0.1) is 0 Å². The molecule has 2 saturated heterocycles. The second-order valence-electron chi connectivity index (χ2n) is 5.99. The number of hydrogen-bond donors (Lipinski definition) is 4. The van der Waals surface area contributed by atoms with Crippen LogP contribution in [0.5, 0.6) is 0 Å². The number of piperazine rings is 2. The van der Waals surface area contributed by atoms with Crippen molar-refractivity contribution in [2.75, 3.05) is 91.6 Å². The Morgan fingerprint density at radius 3 is 1.45 bits per heavy atom. The summed E-state index contributed by atoms with van der Waals surface area (Å²) in [4.78, 5) is 7.28. The van der Waals surface area contributed by atoms with Gasteiger partial charge in [-0.2, -0.15) is 0 Å². The third-order valence-electron chi connectivity index (χ3n) is 4.24. The lowest BCUT2D eigenvalue weighted by molar-refractivity contribution is 0.138. The molecule has 132 valence electrons. The largest absolute Gasteiger partial charge is 0.330 e. The van der Waals surface area contributed by atoms with Gasteiger partial charge in [0.05, 0.1) is 0 Å². The maximum Gasteiger partial charge on any atom is 0.0110 e. The van der Waals surface area contributed by atoms with Crippen LogP contribution in [0.1, 0.15) is 6.42 Å². The molecule has 2 rings (SSSR count). The van der Waals surface area contributed by atoms with Crippen LogP contribution in [-0.4, -0.2) is 106 Å². The Hall–Kier alpha value is -0.280. The first kappa shape index (κ1) is 19.8. The highest BCUT2D eigenvalue weighted by Gasteiger charge is 2.14. The zero-order chi connectivity index (χ0) is 16.0. The Kier molecular flexibility index (Phi) is 11.8. The van der Waals surface area contributed by atoms with Crippen molar-refractivity contribution in [1.29, 1.82) is 0 Å². The van der Waals surface area contributed by atoms with Gasteiger partial charge in [-0.3, -0.25) is 9.80 Å². The fourth-order valence-electron chi connectivity index (χ4n) is 2.85. The first-order valence-electron chi connectivity index (χ1n) is 8.78. The fourth-order valence-corrected chi connectivity index (χ4v) is 2.85. The summed E-state index contributed by atoms with van der Waals surface area (Å²) in [5, 5.41) is 3.32. The summed E-state index contributed by atoms with van der Waals surface area (Å²) >= 11 is 0. The van der Waals surface area contributed by atoms with Crippen LogP contribution in [0.4, 0.5) is 0 Å². The van der Waals surface area contributed by atoms with Crippen LogP contribution in [0, 0.1) is 0 Å². The molecule has 0 amide bonds.